The normalized spacial score (nSPS) is 10.3. The van der Waals surface area contributed by atoms with Crippen molar-refractivity contribution in [2.24, 2.45) is 0 Å². The number of Topliss-reactive ketones (excluding diaryl/α,β-unsaturated/α-hetero) is 1. The summed E-state index contributed by atoms with van der Waals surface area (Å²) in [5, 5.41) is 0. The van der Waals surface area contributed by atoms with Crippen LogP contribution in [0.4, 0.5) is 4.39 Å². The second kappa shape index (κ2) is 6.33. The van der Waals surface area contributed by atoms with Gasteiger partial charge in [0.2, 0.25) is 0 Å². The highest BCUT2D eigenvalue weighted by atomic mass is 19.1. The first-order chi connectivity index (χ1) is 9.58. The molecule has 2 aromatic rings. The van der Waals surface area contributed by atoms with E-state index >= 15 is 0 Å². The Morgan fingerprint density at radius 2 is 1.85 bits per heavy atom. The number of benzene rings is 2. The molecule has 0 unspecified atom stereocenters. The summed E-state index contributed by atoms with van der Waals surface area (Å²) in [6.45, 7) is 3.90. The number of aryl methyl sites for hydroxylation is 1. The molecule has 2 aromatic carbocycles. The quantitative estimate of drug-likeness (QED) is 0.830. The summed E-state index contributed by atoms with van der Waals surface area (Å²) in [5.41, 5.74) is 2.54. The van der Waals surface area contributed by atoms with Crippen LogP contribution in [0.5, 0.6) is 5.75 Å². The van der Waals surface area contributed by atoms with Crippen molar-refractivity contribution in [2.45, 2.75) is 20.3 Å². The van der Waals surface area contributed by atoms with Gasteiger partial charge in [-0.3, -0.25) is 4.79 Å². The van der Waals surface area contributed by atoms with Gasteiger partial charge in [-0.05, 0) is 42.7 Å². The fraction of sp³-hybridized carbons (Fsp3) is 0.235. The summed E-state index contributed by atoms with van der Waals surface area (Å²) in [5.74, 6) is 0.204. The molecule has 0 atom stereocenters. The van der Waals surface area contributed by atoms with Gasteiger partial charge in [0.05, 0.1) is 0 Å². The molecule has 0 spiro atoms. The monoisotopic (exact) mass is 272 g/mol. The maximum absolute atomic E-state index is 13.4. The molecule has 0 aliphatic carbocycles. The van der Waals surface area contributed by atoms with Gasteiger partial charge in [-0.1, -0.05) is 30.3 Å². The van der Waals surface area contributed by atoms with Crippen LogP contribution in [0.1, 0.15) is 16.7 Å². The molecule has 20 heavy (non-hydrogen) atoms. The highest BCUT2D eigenvalue weighted by Gasteiger charge is 2.09. The summed E-state index contributed by atoms with van der Waals surface area (Å²) < 4.78 is 19.0. The minimum Gasteiger partial charge on any atom is -0.486 e. The average molecular weight is 272 g/mol. The molecule has 0 bridgehead atoms. The zero-order valence-corrected chi connectivity index (χ0v) is 11.7. The third-order valence-electron chi connectivity index (χ3n) is 3.29. The summed E-state index contributed by atoms with van der Waals surface area (Å²) in [6, 6.07) is 12.0. The Morgan fingerprint density at radius 1 is 1.10 bits per heavy atom. The second-order valence-electron chi connectivity index (χ2n) is 4.79. The number of carbonyl (C=O) groups excluding carboxylic acids is 1. The molecule has 104 valence electrons. The highest BCUT2D eigenvalue weighted by molar-refractivity contribution is 5.82. The Kier molecular flexibility index (Phi) is 4.51. The predicted octanol–water partition coefficient (Wildman–Crippen LogP) is 3.63. The number of ether oxygens (including phenoxy) is 1. The molecule has 2 nitrogen and oxygen atoms in total. The van der Waals surface area contributed by atoms with Gasteiger partial charge in [-0.15, -0.1) is 0 Å². The lowest BCUT2D eigenvalue weighted by Crippen LogP contribution is -2.15. The molecule has 0 aromatic heterocycles. The van der Waals surface area contributed by atoms with Crippen molar-refractivity contribution >= 4 is 5.78 Å². The molecule has 3 heteroatoms. The molecule has 0 aliphatic rings. The van der Waals surface area contributed by atoms with Gasteiger partial charge in [0.25, 0.3) is 0 Å². The van der Waals surface area contributed by atoms with Gasteiger partial charge in [-0.25, -0.2) is 4.39 Å². The number of carbonyl (C=O) groups is 1. The SMILES string of the molecule is Cc1cccc(OCC(=O)Cc2ccccc2F)c1C. The van der Waals surface area contributed by atoms with Crippen LogP contribution in [0.3, 0.4) is 0 Å². The summed E-state index contributed by atoms with van der Waals surface area (Å²) in [7, 11) is 0. The lowest BCUT2D eigenvalue weighted by atomic mass is 10.1. The highest BCUT2D eigenvalue weighted by Crippen LogP contribution is 2.20. The van der Waals surface area contributed by atoms with Crippen LogP contribution < -0.4 is 4.74 Å². The van der Waals surface area contributed by atoms with Crippen molar-refractivity contribution < 1.29 is 13.9 Å². The summed E-state index contributed by atoms with van der Waals surface area (Å²) in [4.78, 5) is 11.8. The van der Waals surface area contributed by atoms with Crippen molar-refractivity contribution in [3.63, 3.8) is 0 Å². The molecule has 0 heterocycles. The van der Waals surface area contributed by atoms with Crippen LogP contribution in [-0.2, 0) is 11.2 Å². The third kappa shape index (κ3) is 3.44. The van der Waals surface area contributed by atoms with Crippen molar-refractivity contribution in [3.05, 3.63) is 65.0 Å². The number of hydrogen-bond donors (Lipinski definition) is 0. The van der Waals surface area contributed by atoms with Crippen molar-refractivity contribution in [3.8, 4) is 5.75 Å². The van der Waals surface area contributed by atoms with E-state index in [0.29, 0.717) is 11.3 Å². The average Bonchev–Trinajstić information content (AvgIpc) is 2.43. The maximum atomic E-state index is 13.4. The van der Waals surface area contributed by atoms with E-state index in [4.69, 9.17) is 4.74 Å². The molecule has 0 radical (unpaired) electrons. The molecule has 0 aliphatic heterocycles. The van der Waals surface area contributed by atoms with Crippen molar-refractivity contribution in [1.29, 1.82) is 0 Å². The minimum absolute atomic E-state index is 0.0430. The number of ketones is 1. The molecule has 2 rings (SSSR count). The molecule has 0 saturated heterocycles. The molecule has 0 N–H and O–H groups in total. The van der Waals surface area contributed by atoms with Gasteiger partial charge in [-0.2, -0.15) is 0 Å². The number of hydrogen-bond acceptors (Lipinski definition) is 2. The van der Waals surface area contributed by atoms with E-state index in [9.17, 15) is 9.18 Å². The number of halogens is 1. The first kappa shape index (κ1) is 14.3. The first-order valence-corrected chi connectivity index (χ1v) is 6.52. The fourth-order valence-corrected chi connectivity index (χ4v) is 1.94. The van der Waals surface area contributed by atoms with Crippen LogP contribution in [0.25, 0.3) is 0 Å². The standard InChI is InChI=1S/C17H17FO2/c1-12-6-5-9-17(13(12)2)20-11-15(19)10-14-7-3-4-8-16(14)18/h3-9H,10-11H2,1-2H3. The van der Waals surface area contributed by atoms with E-state index in [1.54, 1.807) is 18.2 Å². The Labute approximate surface area is 118 Å². The van der Waals surface area contributed by atoms with Gasteiger partial charge in [0.15, 0.2) is 5.78 Å². The lowest BCUT2D eigenvalue weighted by molar-refractivity contribution is -0.120. The van der Waals surface area contributed by atoms with E-state index in [1.165, 1.54) is 6.07 Å². The Balaban J connectivity index is 1.96. The Bertz CT molecular complexity index is 620. The van der Waals surface area contributed by atoms with E-state index in [-0.39, 0.29) is 24.6 Å². The molecule has 0 fully saturated rings. The van der Waals surface area contributed by atoms with Gasteiger partial charge in [0.1, 0.15) is 18.2 Å². The maximum Gasteiger partial charge on any atom is 0.174 e. The smallest absolute Gasteiger partial charge is 0.174 e. The van der Waals surface area contributed by atoms with Crippen LogP contribution in [-0.4, -0.2) is 12.4 Å². The van der Waals surface area contributed by atoms with Crippen LogP contribution in [0.15, 0.2) is 42.5 Å². The molecule has 0 amide bonds. The molecule has 0 saturated carbocycles. The molecular formula is C17H17FO2. The van der Waals surface area contributed by atoms with Crippen molar-refractivity contribution in [1.82, 2.24) is 0 Å². The van der Waals surface area contributed by atoms with E-state index in [2.05, 4.69) is 0 Å². The van der Waals surface area contributed by atoms with E-state index in [0.717, 1.165) is 11.1 Å². The third-order valence-corrected chi connectivity index (χ3v) is 3.29. The zero-order valence-electron chi connectivity index (χ0n) is 11.7. The second-order valence-corrected chi connectivity index (χ2v) is 4.79. The predicted molar refractivity (Wildman–Crippen MR) is 76.5 cm³/mol. The van der Waals surface area contributed by atoms with Gasteiger partial charge >= 0.3 is 0 Å². The van der Waals surface area contributed by atoms with E-state index in [1.807, 2.05) is 32.0 Å². The van der Waals surface area contributed by atoms with Crippen LogP contribution in [0.2, 0.25) is 0 Å². The number of rotatable bonds is 5. The topological polar surface area (TPSA) is 26.3 Å². The summed E-state index contributed by atoms with van der Waals surface area (Å²) in [6.07, 6.45) is 0.0531. The molecular weight excluding hydrogens is 255 g/mol. The Hall–Kier alpha value is -2.16. The van der Waals surface area contributed by atoms with E-state index < -0.39 is 0 Å². The van der Waals surface area contributed by atoms with Gasteiger partial charge < -0.3 is 4.74 Å². The van der Waals surface area contributed by atoms with Crippen LogP contribution in [0, 0.1) is 19.7 Å². The fourth-order valence-electron chi connectivity index (χ4n) is 1.94. The van der Waals surface area contributed by atoms with Gasteiger partial charge in [0, 0.05) is 6.42 Å². The zero-order chi connectivity index (χ0) is 14.5. The van der Waals surface area contributed by atoms with Crippen molar-refractivity contribution in [2.75, 3.05) is 6.61 Å². The lowest BCUT2D eigenvalue weighted by Gasteiger charge is -2.10. The summed E-state index contributed by atoms with van der Waals surface area (Å²) >= 11 is 0. The Morgan fingerprint density at radius 3 is 2.60 bits per heavy atom. The first-order valence-electron chi connectivity index (χ1n) is 6.52. The minimum atomic E-state index is -0.354. The largest absolute Gasteiger partial charge is 0.486 e. The van der Waals surface area contributed by atoms with Crippen LogP contribution >= 0.6 is 0 Å².